The minimum Gasteiger partial charge on any atom is -0.310 e. The molecule has 0 bridgehead atoms. The molecule has 0 aliphatic carbocycles. The van der Waals surface area contributed by atoms with E-state index in [9.17, 15) is 17.4 Å². The number of rotatable bonds is 4. The Kier molecular flexibility index (Phi) is 5.52. The third kappa shape index (κ3) is 2.72. The summed E-state index contributed by atoms with van der Waals surface area (Å²) in [5, 5.41) is 0. The molecule has 0 saturated heterocycles. The second kappa shape index (κ2) is 6.01. The lowest BCUT2D eigenvalue weighted by atomic mass is 10.9. The van der Waals surface area contributed by atoms with E-state index in [1.54, 1.807) is 0 Å². The topological polar surface area (TPSA) is 37.3 Å². The molecule has 0 spiro atoms. The van der Waals surface area contributed by atoms with Gasteiger partial charge in [-0.3, -0.25) is 0 Å². The van der Waals surface area contributed by atoms with Crippen LogP contribution in [0.15, 0.2) is 4.52 Å². The average Bonchev–Trinajstić information content (AvgIpc) is 2.24. The minimum atomic E-state index is -3.81. The molecular weight excluding hydrogens is 291 g/mol. The van der Waals surface area contributed by atoms with Crippen molar-refractivity contribution in [2.45, 2.75) is 13.8 Å². The van der Waals surface area contributed by atoms with Crippen molar-refractivity contribution < 1.29 is 26.4 Å². The Balaban J connectivity index is 3.09. The Bertz CT molecular complexity index is 288. The number of hydrogen-bond donors (Lipinski definition) is 0. The highest BCUT2D eigenvalue weighted by atomic mass is 31.3. The molecule has 1 aliphatic rings. The maximum Gasteiger partial charge on any atom is 0.332 e. The van der Waals surface area contributed by atoms with Gasteiger partial charge in [-0.2, -0.15) is 12.9 Å². The molecular formula is C4H10F4N3O2P3. The lowest BCUT2D eigenvalue weighted by molar-refractivity contribution is 0.132. The number of nitrogens with zero attached hydrogens (tertiary/aromatic N) is 3. The molecule has 1 rings (SSSR count). The molecule has 1 heterocycles. The van der Waals surface area contributed by atoms with Gasteiger partial charge < -0.3 is 9.05 Å². The second-order valence-corrected chi connectivity index (χ2v) is 7.59. The van der Waals surface area contributed by atoms with Crippen molar-refractivity contribution in [3.8, 4) is 0 Å². The highest BCUT2D eigenvalue weighted by Crippen LogP contribution is 2.79. The van der Waals surface area contributed by atoms with Gasteiger partial charge >= 0.3 is 24.7 Å². The van der Waals surface area contributed by atoms with Crippen molar-refractivity contribution in [1.29, 1.82) is 0 Å². The predicted octanol–water partition coefficient (Wildman–Crippen LogP) is 4.79. The van der Waals surface area contributed by atoms with Crippen LogP contribution in [0.2, 0.25) is 0 Å². The third-order valence-corrected chi connectivity index (χ3v) is 7.32. The van der Waals surface area contributed by atoms with Gasteiger partial charge in [-0.1, -0.05) is 0 Å². The molecule has 0 aromatic carbocycles. The maximum atomic E-state index is 13.4. The van der Waals surface area contributed by atoms with Crippen molar-refractivity contribution in [2.24, 2.45) is 4.52 Å². The van der Waals surface area contributed by atoms with Crippen LogP contribution in [0.5, 0.6) is 0 Å². The smallest absolute Gasteiger partial charge is 0.310 e. The summed E-state index contributed by atoms with van der Waals surface area (Å²) in [6.45, 7) is 2.90. The van der Waals surface area contributed by atoms with Crippen molar-refractivity contribution in [3.63, 3.8) is 0 Å². The standard InChI is InChI=1S/C4H10F4N3O2P3/c1-3-12-16(13-4-2)9-14(7)10(5)15(8)11(16)6/h3-4H2,1-2H3. The van der Waals surface area contributed by atoms with E-state index in [1.807, 2.05) is 0 Å². The van der Waals surface area contributed by atoms with E-state index in [1.165, 1.54) is 13.8 Å². The van der Waals surface area contributed by atoms with Crippen LogP contribution in [0.3, 0.4) is 0 Å². The Morgan fingerprint density at radius 3 is 2.12 bits per heavy atom. The van der Waals surface area contributed by atoms with Crippen LogP contribution in [0.4, 0.5) is 17.4 Å². The summed E-state index contributed by atoms with van der Waals surface area (Å²) in [4.78, 5) is 0. The monoisotopic (exact) mass is 301 g/mol. The van der Waals surface area contributed by atoms with Crippen molar-refractivity contribution >= 4 is 24.7 Å². The predicted molar refractivity (Wildman–Crippen MR) is 54.6 cm³/mol. The molecule has 0 saturated carbocycles. The van der Waals surface area contributed by atoms with Gasteiger partial charge in [0.25, 0.3) is 0 Å². The number of halogens is 4. The Labute approximate surface area is 92.8 Å². The first-order valence-corrected chi connectivity index (χ1v) is 8.04. The fourth-order valence-corrected chi connectivity index (χ4v) is 6.44. The van der Waals surface area contributed by atoms with E-state index in [2.05, 4.69) is 4.52 Å². The van der Waals surface area contributed by atoms with Crippen LogP contribution in [-0.4, -0.2) is 22.5 Å². The van der Waals surface area contributed by atoms with Gasteiger partial charge in [0.05, 0.1) is 13.2 Å². The highest BCUT2D eigenvalue weighted by molar-refractivity contribution is 7.77. The van der Waals surface area contributed by atoms with Crippen LogP contribution < -0.4 is 0 Å². The largest absolute Gasteiger partial charge is 0.332 e. The van der Waals surface area contributed by atoms with Gasteiger partial charge in [0.2, 0.25) is 0 Å². The van der Waals surface area contributed by atoms with Gasteiger partial charge in [0.15, 0.2) is 0 Å². The summed E-state index contributed by atoms with van der Waals surface area (Å²) >= 11 is 0. The van der Waals surface area contributed by atoms with E-state index >= 15 is 0 Å². The number of hydrogen-bond acceptors (Lipinski definition) is 5. The van der Waals surface area contributed by atoms with Crippen molar-refractivity contribution in [2.75, 3.05) is 13.2 Å². The quantitative estimate of drug-likeness (QED) is 0.425. The van der Waals surface area contributed by atoms with Gasteiger partial charge in [-0.25, -0.2) is 0 Å². The lowest BCUT2D eigenvalue weighted by Gasteiger charge is -2.34. The Morgan fingerprint density at radius 1 is 1.19 bits per heavy atom. The molecule has 2 atom stereocenters. The molecule has 5 nitrogen and oxygen atoms in total. The summed E-state index contributed by atoms with van der Waals surface area (Å²) in [5.74, 6) is 0. The molecule has 0 N–H and O–H groups in total. The van der Waals surface area contributed by atoms with Crippen LogP contribution in [-0.2, 0) is 9.05 Å². The van der Waals surface area contributed by atoms with Gasteiger partial charge in [-0.05, 0) is 18.5 Å². The summed E-state index contributed by atoms with van der Waals surface area (Å²) in [6, 6.07) is 0. The van der Waals surface area contributed by atoms with Crippen LogP contribution in [0.1, 0.15) is 13.8 Å². The molecule has 2 unspecified atom stereocenters. The molecule has 16 heavy (non-hydrogen) atoms. The lowest BCUT2D eigenvalue weighted by Crippen LogP contribution is -2.17. The summed E-state index contributed by atoms with van der Waals surface area (Å²) in [6.07, 6.45) is 0. The minimum absolute atomic E-state index is 0.0453. The first-order chi connectivity index (χ1) is 7.48. The molecule has 96 valence electrons. The van der Waals surface area contributed by atoms with E-state index in [0.717, 1.165) is 0 Å². The Hall–Kier alpha value is 0.650. The molecule has 12 heteroatoms. The first kappa shape index (κ1) is 14.7. The van der Waals surface area contributed by atoms with Crippen LogP contribution in [0.25, 0.3) is 0 Å². The first-order valence-electron chi connectivity index (χ1n) is 4.23. The SMILES string of the molecule is CCOP1(OCC)=NP(F)N(F)P(F)N1F. The Morgan fingerprint density at radius 2 is 1.69 bits per heavy atom. The fourth-order valence-electron chi connectivity index (χ4n) is 0.895. The zero-order valence-electron chi connectivity index (χ0n) is 8.43. The van der Waals surface area contributed by atoms with Crippen molar-refractivity contribution in [3.05, 3.63) is 0 Å². The zero-order valence-corrected chi connectivity index (χ0v) is 11.1. The zero-order chi connectivity index (χ0) is 12.3. The summed E-state index contributed by atoms with van der Waals surface area (Å²) < 4.78 is 63.7. The van der Waals surface area contributed by atoms with Gasteiger partial charge in [0, 0.05) is 4.66 Å². The molecule has 0 amide bonds. The molecule has 0 aromatic heterocycles. The third-order valence-electron chi connectivity index (χ3n) is 1.40. The van der Waals surface area contributed by atoms with Crippen LogP contribution >= 0.6 is 24.7 Å². The molecule has 1 aliphatic heterocycles. The van der Waals surface area contributed by atoms with Gasteiger partial charge in [0.1, 0.15) is 0 Å². The molecule has 0 aromatic rings. The van der Waals surface area contributed by atoms with Gasteiger partial charge in [-0.15, -0.1) is 8.96 Å². The van der Waals surface area contributed by atoms with E-state index in [4.69, 9.17) is 9.05 Å². The average molecular weight is 301 g/mol. The van der Waals surface area contributed by atoms with Crippen molar-refractivity contribution in [1.82, 2.24) is 9.33 Å². The summed E-state index contributed by atoms with van der Waals surface area (Å²) in [5.41, 5.74) is 0. The molecule has 0 fully saturated rings. The second-order valence-electron chi connectivity index (χ2n) is 2.38. The normalized spacial score (nSPS) is 31.4. The van der Waals surface area contributed by atoms with E-state index in [-0.39, 0.29) is 13.2 Å². The van der Waals surface area contributed by atoms with Crippen LogP contribution in [0, 0.1) is 0 Å². The van der Waals surface area contributed by atoms with E-state index < -0.39 is 34.1 Å². The summed E-state index contributed by atoms with van der Waals surface area (Å²) in [7, 11) is -10.7. The fraction of sp³-hybridized carbons (Fsp3) is 1.00. The highest BCUT2D eigenvalue weighted by Gasteiger charge is 2.51. The van der Waals surface area contributed by atoms with E-state index in [0.29, 0.717) is 0 Å². The maximum absolute atomic E-state index is 13.4. The molecule has 0 radical (unpaired) electrons.